The maximum atomic E-state index is 11.9. The molecule has 7 heteroatoms. The van der Waals surface area contributed by atoms with Crippen LogP contribution in [0.5, 0.6) is 0 Å². The first-order valence-electron chi connectivity index (χ1n) is 4.67. The van der Waals surface area contributed by atoms with Crippen LogP contribution >= 0.6 is 31.9 Å². The normalized spacial score (nSPS) is 10.3. The third kappa shape index (κ3) is 2.92. The molecule has 1 aromatic carbocycles. The fourth-order valence-electron chi connectivity index (χ4n) is 1.27. The van der Waals surface area contributed by atoms with Gasteiger partial charge in [-0.05, 0) is 18.2 Å². The summed E-state index contributed by atoms with van der Waals surface area (Å²) in [5.41, 5.74) is 0.536. The lowest BCUT2D eigenvalue weighted by Crippen LogP contribution is -2.15. The van der Waals surface area contributed by atoms with Gasteiger partial charge in [-0.15, -0.1) is 0 Å². The zero-order chi connectivity index (χ0) is 12.4. The molecule has 5 nitrogen and oxygen atoms in total. The van der Waals surface area contributed by atoms with Gasteiger partial charge < -0.3 is 0 Å². The number of rotatable bonds is 2. The van der Waals surface area contributed by atoms with Crippen LogP contribution in [-0.4, -0.2) is 20.7 Å². The van der Waals surface area contributed by atoms with Crippen LogP contribution in [0.4, 0.5) is 5.95 Å². The van der Waals surface area contributed by atoms with Gasteiger partial charge in [-0.3, -0.25) is 10.1 Å². The Morgan fingerprint density at radius 1 is 1.29 bits per heavy atom. The molecule has 1 aromatic heterocycles. The first-order valence-corrected chi connectivity index (χ1v) is 6.26. The van der Waals surface area contributed by atoms with Crippen molar-refractivity contribution >= 4 is 43.7 Å². The SMILES string of the molecule is Cn1ncnc1NC(=O)c1cc(Br)cc(Br)c1. The second-order valence-corrected chi connectivity index (χ2v) is 5.15. The van der Waals surface area contributed by atoms with Gasteiger partial charge in [-0.25, -0.2) is 4.68 Å². The van der Waals surface area contributed by atoms with Crippen molar-refractivity contribution in [3.8, 4) is 0 Å². The van der Waals surface area contributed by atoms with Crippen LogP contribution in [-0.2, 0) is 7.05 Å². The fraction of sp³-hybridized carbons (Fsp3) is 0.100. The molecule has 0 unspecified atom stereocenters. The van der Waals surface area contributed by atoms with E-state index in [2.05, 4.69) is 47.3 Å². The van der Waals surface area contributed by atoms with E-state index < -0.39 is 0 Å². The molecule has 0 saturated heterocycles. The van der Waals surface area contributed by atoms with E-state index in [9.17, 15) is 4.79 Å². The van der Waals surface area contributed by atoms with Crippen LogP contribution in [0.15, 0.2) is 33.5 Å². The van der Waals surface area contributed by atoms with Crippen molar-refractivity contribution in [3.63, 3.8) is 0 Å². The lowest BCUT2D eigenvalue weighted by Gasteiger charge is -2.05. The quantitative estimate of drug-likeness (QED) is 0.896. The first kappa shape index (κ1) is 12.3. The summed E-state index contributed by atoms with van der Waals surface area (Å²) in [5, 5.41) is 6.54. The van der Waals surface area contributed by atoms with E-state index in [0.29, 0.717) is 11.5 Å². The van der Waals surface area contributed by atoms with Crippen molar-refractivity contribution in [1.29, 1.82) is 0 Å². The Morgan fingerprint density at radius 2 is 1.94 bits per heavy atom. The molecule has 0 spiro atoms. The van der Waals surface area contributed by atoms with E-state index in [1.165, 1.54) is 11.0 Å². The van der Waals surface area contributed by atoms with Crippen molar-refractivity contribution in [2.75, 3.05) is 5.32 Å². The average Bonchev–Trinajstić information content (AvgIpc) is 2.63. The summed E-state index contributed by atoms with van der Waals surface area (Å²) in [6.07, 6.45) is 1.38. The van der Waals surface area contributed by atoms with Crippen LogP contribution in [0.3, 0.4) is 0 Å². The predicted molar refractivity (Wildman–Crippen MR) is 70.8 cm³/mol. The standard InChI is InChI=1S/C10H8Br2N4O/c1-16-10(13-5-14-16)15-9(17)6-2-7(11)4-8(12)3-6/h2-5H,1H3,(H,13,14,15,17). The number of nitrogens with one attached hydrogen (secondary N) is 1. The highest BCUT2D eigenvalue weighted by molar-refractivity contribution is 9.11. The van der Waals surface area contributed by atoms with Crippen molar-refractivity contribution in [3.05, 3.63) is 39.0 Å². The van der Waals surface area contributed by atoms with Gasteiger partial charge in [0.15, 0.2) is 0 Å². The number of amides is 1. The van der Waals surface area contributed by atoms with Crippen LogP contribution in [0.25, 0.3) is 0 Å². The van der Waals surface area contributed by atoms with E-state index in [4.69, 9.17) is 0 Å². The maximum absolute atomic E-state index is 11.9. The Bertz CT molecular complexity index is 547. The van der Waals surface area contributed by atoms with Crippen LogP contribution < -0.4 is 5.32 Å². The third-order valence-corrected chi connectivity index (χ3v) is 2.98. The van der Waals surface area contributed by atoms with Gasteiger partial charge in [0, 0.05) is 21.6 Å². The van der Waals surface area contributed by atoms with E-state index in [-0.39, 0.29) is 5.91 Å². The molecule has 0 fully saturated rings. The summed E-state index contributed by atoms with van der Waals surface area (Å²) >= 11 is 6.66. The molecule has 88 valence electrons. The van der Waals surface area contributed by atoms with Crippen LogP contribution in [0.1, 0.15) is 10.4 Å². The molecule has 1 N–H and O–H groups in total. The average molecular weight is 360 g/mol. The van der Waals surface area contributed by atoms with E-state index in [1.54, 1.807) is 19.2 Å². The zero-order valence-electron chi connectivity index (χ0n) is 8.82. The summed E-state index contributed by atoms with van der Waals surface area (Å²) in [4.78, 5) is 15.9. The lowest BCUT2D eigenvalue weighted by molar-refractivity contribution is 0.102. The molecule has 17 heavy (non-hydrogen) atoms. The Labute approximate surface area is 114 Å². The molecule has 1 amide bonds. The second-order valence-electron chi connectivity index (χ2n) is 3.32. The molecule has 0 atom stereocenters. The largest absolute Gasteiger partial charge is 0.291 e. The Balaban J connectivity index is 2.23. The molecular formula is C10H8Br2N4O. The van der Waals surface area contributed by atoms with Gasteiger partial charge in [-0.2, -0.15) is 10.1 Å². The topological polar surface area (TPSA) is 59.8 Å². The van der Waals surface area contributed by atoms with Crippen molar-refractivity contribution in [1.82, 2.24) is 14.8 Å². The van der Waals surface area contributed by atoms with Gasteiger partial charge in [0.1, 0.15) is 6.33 Å². The van der Waals surface area contributed by atoms with Crippen molar-refractivity contribution < 1.29 is 4.79 Å². The summed E-state index contributed by atoms with van der Waals surface area (Å²) in [6, 6.07) is 5.33. The minimum Gasteiger partial charge on any atom is -0.291 e. The molecule has 0 radical (unpaired) electrons. The molecule has 2 rings (SSSR count). The third-order valence-electron chi connectivity index (χ3n) is 2.06. The minimum absolute atomic E-state index is 0.233. The van der Waals surface area contributed by atoms with Gasteiger partial charge in [-0.1, -0.05) is 31.9 Å². The smallest absolute Gasteiger partial charge is 0.258 e. The lowest BCUT2D eigenvalue weighted by atomic mass is 10.2. The van der Waals surface area contributed by atoms with Gasteiger partial charge >= 0.3 is 0 Å². The minimum atomic E-state index is -0.233. The maximum Gasteiger partial charge on any atom is 0.258 e. The molecule has 0 aliphatic carbocycles. The number of aromatic nitrogens is 3. The monoisotopic (exact) mass is 358 g/mol. The van der Waals surface area contributed by atoms with Crippen LogP contribution in [0, 0.1) is 0 Å². The number of benzene rings is 1. The zero-order valence-corrected chi connectivity index (χ0v) is 12.0. The number of hydrogen-bond acceptors (Lipinski definition) is 3. The first-order chi connectivity index (χ1) is 8.06. The van der Waals surface area contributed by atoms with E-state index >= 15 is 0 Å². The van der Waals surface area contributed by atoms with Gasteiger partial charge in [0.05, 0.1) is 0 Å². The van der Waals surface area contributed by atoms with Crippen molar-refractivity contribution in [2.24, 2.45) is 7.05 Å². The summed E-state index contributed by atoms with van der Waals surface area (Å²) < 4.78 is 3.15. The summed E-state index contributed by atoms with van der Waals surface area (Å²) in [6.45, 7) is 0. The fourth-order valence-corrected chi connectivity index (χ4v) is 2.56. The molecule has 0 aliphatic rings. The number of hydrogen-bond donors (Lipinski definition) is 1. The number of carbonyl (C=O) groups is 1. The van der Waals surface area contributed by atoms with Crippen LogP contribution in [0.2, 0.25) is 0 Å². The number of carbonyl (C=O) groups excluding carboxylic acids is 1. The Kier molecular flexibility index (Phi) is 3.58. The summed E-state index contributed by atoms with van der Waals surface area (Å²) in [7, 11) is 1.71. The molecular weight excluding hydrogens is 352 g/mol. The molecule has 0 saturated carbocycles. The number of anilines is 1. The van der Waals surface area contributed by atoms with Gasteiger partial charge in [0.2, 0.25) is 5.95 Å². The highest BCUT2D eigenvalue weighted by atomic mass is 79.9. The Morgan fingerprint density at radius 3 is 2.47 bits per heavy atom. The molecule has 0 bridgehead atoms. The van der Waals surface area contributed by atoms with Gasteiger partial charge in [0.25, 0.3) is 5.91 Å². The van der Waals surface area contributed by atoms with E-state index in [0.717, 1.165) is 8.95 Å². The molecule has 0 aliphatic heterocycles. The van der Waals surface area contributed by atoms with Crippen molar-refractivity contribution in [2.45, 2.75) is 0 Å². The highest BCUT2D eigenvalue weighted by Gasteiger charge is 2.10. The summed E-state index contributed by atoms with van der Waals surface area (Å²) in [5.74, 6) is 0.175. The van der Waals surface area contributed by atoms with E-state index in [1.807, 2.05) is 6.07 Å². The molecule has 1 heterocycles. The second kappa shape index (κ2) is 4.97. The number of nitrogens with zero attached hydrogens (tertiary/aromatic N) is 3. The highest BCUT2D eigenvalue weighted by Crippen LogP contribution is 2.20. The Hall–Kier alpha value is -1.21. The molecule has 2 aromatic rings. The predicted octanol–water partition coefficient (Wildman–Crippen LogP) is 2.59. The number of aryl methyl sites for hydroxylation is 1. The number of halogens is 2.